The molecular formula is C15H26N2O. The minimum absolute atomic E-state index is 0.687. The molecular weight excluding hydrogens is 224 g/mol. The third-order valence-electron chi connectivity index (χ3n) is 2.99. The van der Waals surface area contributed by atoms with E-state index in [4.69, 9.17) is 4.74 Å². The summed E-state index contributed by atoms with van der Waals surface area (Å²) in [6, 6.07) is 4.03. The summed E-state index contributed by atoms with van der Waals surface area (Å²) in [6.07, 6.45) is 9.67. The molecule has 18 heavy (non-hydrogen) atoms. The lowest BCUT2D eigenvalue weighted by molar-refractivity contribution is 0.116. The van der Waals surface area contributed by atoms with Crippen molar-refractivity contribution in [2.24, 2.45) is 0 Å². The van der Waals surface area contributed by atoms with Crippen LogP contribution in [0.15, 0.2) is 18.3 Å². The van der Waals surface area contributed by atoms with Crippen molar-refractivity contribution in [1.29, 1.82) is 0 Å². The highest BCUT2D eigenvalue weighted by molar-refractivity contribution is 5.36. The molecule has 0 unspecified atom stereocenters. The standard InChI is InChI=1S/C15H26N2O/c1-3-4-5-6-7-8-11-18-13-14-9-10-17-15(12-14)16-2/h9-10,12H,3-8,11,13H2,1-2H3,(H,16,17). The zero-order valence-corrected chi connectivity index (χ0v) is 11.7. The Bertz CT molecular complexity index is 315. The van der Waals surface area contributed by atoms with E-state index in [0.717, 1.165) is 12.4 Å². The van der Waals surface area contributed by atoms with Crippen molar-refractivity contribution in [2.45, 2.75) is 52.1 Å². The first kappa shape index (κ1) is 15.0. The van der Waals surface area contributed by atoms with E-state index in [1.165, 1.54) is 44.1 Å². The number of anilines is 1. The number of pyridine rings is 1. The van der Waals surface area contributed by atoms with E-state index >= 15 is 0 Å². The van der Waals surface area contributed by atoms with Gasteiger partial charge < -0.3 is 10.1 Å². The molecule has 3 heteroatoms. The molecule has 0 radical (unpaired) electrons. The van der Waals surface area contributed by atoms with Gasteiger partial charge in [-0.15, -0.1) is 0 Å². The summed E-state index contributed by atoms with van der Waals surface area (Å²) >= 11 is 0. The van der Waals surface area contributed by atoms with Gasteiger partial charge in [0.1, 0.15) is 5.82 Å². The van der Waals surface area contributed by atoms with Gasteiger partial charge in [-0.3, -0.25) is 0 Å². The zero-order chi connectivity index (χ0) is 13.1. The second kappa shape index (κ2) is 9.89. The molecule has 0 amide bonds. The molecule has 102 valence electrons. The highest BCUT2D eigenvalue weighted by Crippen LogP contribution is 2.08. The first-order valence-corrected chi connectivity index (χ1v) is 7.07. The number of hydrogen-bond acceptors (Lipinski definition) is 3. The number of hydrogen-bond donors (Lipinski definition) is 1. The molecule has 0 fully saturated rings. The van der Waals surface area contributed by atoms with Gasteiger partial charge >= 0.3 is 0 Å². The highest BCUT2D eigenvalue weighted by Gasteiger charge is 1.96. The molecule has 1 aromatic rings. The summed E-state index contributed by atoms with van der Waals surface area (Å²) in [5.41, 5.74) is 1.18. The maximum atomic E-state index is 5.67. The van der Waals surface area contributed by atoms with Gasteiger partial charge in [-0.2, -0.15) is 0 Å². The van der Waals surface area contributed by atoms with Crippen LogP contribution < -0.4 is 5.32 Å². The molecule has 0 atom stereocenters. The summed E-state index contributed by atoms with van der Waals surface area (Å²) in [7, 11) is 1.88. The molecule has 0 spiro atoms. The van der Waals surface area contributed by atoms with Crippen LogP contribution in [0.2, 0.25) is 0 Å². The Morgan fingerprint density at radius 1 is 1.17 bits per heavy atom. The second-order valence-electron chi connectivity index (χ2n) is 4.62. The number of unbranched alkanes of at least 4 members (excludes halogenated alkanes) is 5. The number of ether oxygens (including phenoxy) is 1. The highest BCUT2D eigenvalue weighted by atomic mass is 16.5. The fraction of sp³-hybridized carbons (Fsp3) is 0.667. The van der Waals surface area contributed by atoms with Crippen LogP contribution in [-0.2, 0) is 11.3 Å². The maximum Gasteiger partial charge on any atom is 0.125 e. The number of aromatic nitrogens is 1. The van der Waals surface area contributed by atoms with Crippen LogP contribution in [0.25, 0.3) is 0 Å². The van der Waals surface area contributed by atoms with E-state index < -0.39 is 0 Å². The predicted molar refractivity (Wildman–Crippen MR) is 76.8 cm³/mol. The van der Waals surface area contributed by atoms with Gasteiger partial charge in [0.25, 0.3) is 0 Å². The number of nitrogens with one attached hydrogen (secondary N) is 1. The zero-order valence-electron chi connectivity index (χ0n) is 11.7. The van der Waals surface area contributed by atoms with E-state index in [1.54, 1.807) is 0 Å². The fourth-order valence-electron chi connectivity index (χ4n) is 1.88. The predicted octanol–water partition coefficient (Wildman–Crippen LogP) is 4.00. The Balaban J connectivity index is 2.03. The smallest absolute Gasteiger partial charge is 0.125 e. The Labute approximate surface area is 111 Å². The van der Waals surface area contributed by atoms with Crippen molar-refractivity contribution in [3.8, 4) is 0 Å². The van der Waals surface area contributed by atoms with E-state index in [9.17, 15) is 0 Å². The van der Waals surface area contributed by atoms with Crippen molar-refractivity contribution in [3.63, 3.8) is 0 Å². The van der Waals surface area contributed by atoms with Crippen molar-refractivity contribution in [1.82, 2.24) is 4.98 Å². The number of nitrogens with zero attached hydrogens (tertiary/aromatic N) is 1. The Hall–Kier alpha value is -1.09. The number of rotatable bonds is 10. The first-order chi connectivity index (χ1) is 8.86. The van der Waals surface area contributed by atoms with Gasteiger partial charge in [-0.1, -0.05) is 39.0 Å². The molecule has 1 rings (SSSR count). The third-order valence-corrected chi connectivity index (χ3v) is 2.99. The van der Waals surface area contributed by atoms with Gasteiger partial charge in [-0.05, 0) is 24.1 Å². The molecule has 0 bridgehead atoms. The Morgan fingerprint density at radius 3 is 2.72 bits per heavy atom. The Kier molecular flexibility index (Phi) is 8.23. The molecule has 0 aromatic carbocycles. The third kappa shape index (κ3) is 6.60. The van der Waals surface area contributed by atoms with Gasteiger partial charge in [-0.25, -0.2) is 4.98 Å². The van der Waals surface area contributed by atoms with Crippen LogP contribution in [0.5, 0.6) is 0 Å². The lowest BCUT2D eigenvalue weighted by Gasteiger charge is -2.06. The average molecular weight is 250 g/mol. The van der Waals surface area contributed by atoms with Gasteiger partial charge in [0.05, 0.1) is 6.61 Å². The van der Waals surface area contributed by atoms with Crippen LogP contribution in [0.3, 0.4) is 0 Å². The molecule has 0 aliphatic carbocycles. The first-order valence-electron chi connectivity index (χ1n) is 7.07. The lowest BCUT2D eigenvalue weighted by Crippen LogP contribution is -1.98. The minimum Gasteiger partial charge on any atom is -0.377 e. The molecule has 0 saturated heterocycles. The quantitative estimate of drug-likeness (QED) is 0.637. The second-order valence-corrected chi connectivity index (χ2v) is 4.62. The largest absolute Gasteiger partial charge is 0.377 e. The van der Waals surface area contributed by atoms with Crippen molar-refractivity contribution >= 4 is 5.82 Å². The lowest BCUT2D eigenvalue weighted by atomic mass is 10.1. The fourth-order valence-corrected chi connectivity index (χ4v) is 1.88. The average Bonchev–Trinajstić information content (AvgIpc) is 2.42. The SMILES string of the molecule is CCCCCCCCOCc1ccnc(NC)c1. The van der Waals surface area contributed by atoms with E-state index in [1.807, 2.05) is 25.4 Å². The molecule has 1 N–H and O–H groups in total. The summed E-state index contributed by atoms with van der Waals surface area (Å²) in [6.45, 7) is 3.80. The van der Waals surface area contributed by atoms with E-state index in [0.29, 0.717) is 6.61 Å². The molecule has 0 aliphatic rings. The van der Waals surface area contributed by atoms with Gasteiger partial charge in [0, 0.05) is 19.9 Å². The van der Waals surface area contributed by atoms with Crippen molar-refractivity contribution in [2.75, 3.05) is 19.0 Å². The topological polar surface area (TPSA) is 34.1 Å². The summed E-state index contributed by atoms with van der Waals surface area (Å²) in [5.74, 6) is 0.899. The van der Waals surface area contributed by atoms with Crippen molar-refractivity contribution in [3.05, 3.63) is 23.9 Å². The van der Waals surface area contributed by atoms with Crippen LogP contribution in [0.1, 0.15) is 51.0 Å². The van der Waals surface area contributed by atoms with Crippen LogP contribution in [0.4, 0.5) is 5.82 Å². The Morgan fingerprint density at radius 2 is 1.94 bits per heavy atom. The monoisotopic (exact) mass is 250 g/mol. The van der Waals surface area contributed by atoms with E-state index in [2.05, 4.69) is 17.2 Å². The van der Waals surface area contributed by atoms with Crippen LogP contribution in [-0.4, -0.2) is 18.6 Å². The maximum absolute atomic E-state index is 5.67. The van der Waals surface area contributed by atoms with Gasteiger partial charge in [0.2, 0.25) is 0 Å². The molecule has 1 heterocycles. The molecule has 0 aliphatic heterocycles. The van der Waals surface area contributed by atoms with E-state index in [-0.39, 0.29) is 0 Å². The summed E-state index contributed by atoms with van der Waals surface area (Å²) in [4.78, 5) is 4.18. The van der Waals surface area contributed by atoms with Crippen LogP contribution in [0, 0.1) is 0 Å². The minimum atomic E-state index is 0.687. The van der Waals surface area contributed by atoms with Crippen LogP contribution >= 0.6 is 0 Å². The normalized spacial score (nSPS) is 10.6. The molecule has 3 nitrogen and oxygen atoms in total. The molecule has 0 saturated carbocycles. The molecule has 1 aromatic heterocycles. The van der Waals surface area contributed by atoms with Gasteiger partial charge in [0.15, 0.2) is 0 Å². The van der Waals surface area contributed by atoms with Crippen molar-refractivity contribution < 1.29 is 4.74 Å². The summed E-state index contributed by atoms with van der Waals surface area (Å²) < 4.78 is 5.67. The summed E-state index contributed by atoms with van der Waals surface area (Å²) in [5, 5.41) is 3.03.